The lowest BCUT2D eigenvalue weighted by Gasteiger charge is -2.20. The fourth-order valence-electron chi connectivity index (χ4n) is 3.30. The number of hydrogen-bond donors (Lipinski definition) is 2. The Balaban J connectivity index is 1.72. The lowest BCUT2D eigenvalue weighted by Crippen LogP contribution is -2.27. The number of benzene rings is 3. The number of nitrogens with one attached hydrogen (secondary N) is 1. The summed E-state index contributed by atoms with van der Waals surface area (Å²) >= 11 is 0. The second kappa shape index (κ2) is 9.04. The summed E-state index contributed by atoms with van der Waals surface area (Å²) in [4.78, 5) is 12.6. The molecular weight excluding hydrogens is 334 g/mol. The number of aromatic hydroxyl groups is 1. The molecule has 0 spiro atoms. The number of phenolic OH excluding ortho intramolecular Hbond substituents is 1. The molecule has 27 heavy (non-hydrogen) atoms. The Labute approximate surface area is 160 Å². The molecule has 0 unspecified atom stereocenters. The summed E-state index contributed by atoms with van der Waals surface area (Å²) in [5.41, 5.74) is 3.84. The molecule has 0 heterocycles. The van der Waals surface area contributed by atoms with Gasteiger partial charge in [-0.25, -0.2) is 0 Å². The highest BCUT2D eigenvalue weighted by molar-refractivity contribution is 5.77. The summed E-state index contributed by atoms with van der Waals surface area (Å²) in [5.74, 6) is 0.0759. The van der Waals surface area contributed by atoms with Crippen LogP contribution in [-0.2, 0) is 11.2 Å². The highest BCUT2D eigenvalue weighted by Gasteiger charge is 2.21. The smallest absolute Gasteiger partial charge is 0.220 e. The van der Waals surface area contributed by atoms with E-state index in [9.17, 15) is 9.90 Å². The van der Waals surface area contributed by atoms with Gasteiger partial charge in [0.15, 0.2) is 0 Å². The molecule has 2 N–H and O–H groups in total. The van der Waals surface area contributed by atoms with E-state index in [-0.39, 0.29) is 17.6 Å². The van der Waals surface area contributed by atoms with Crippen molar-refractivity contribution in [3.63, 3.8) is 0 Å². The molecule has 0 aliphatic rings. The molecule has 0 aliphatic carbocycles. The van der Waals surface area contributed by atoms with E-state index < -0.39 is 0 Å². The van der Waals surface area contributed by atoms with E-state index in [0.29, 0.717) is 13.0 Å². The standard InChI is InChI=1S/C24H25NO2/c1-18-9-8-14-21(24(18)27)22(20-12-6-3-7-13-20)17-23(26)25-16-15-19-10-4-2-5-11-19/h2-14,22,27H,15-17H2,1H3,(H,25,26)/t22-/m0/s1. The van der Waals surface area contributed by atoms with Crippen LogP contribution in [0.15, 0.2) is 78.9 Å². The molecule has 3 nitrogen and oxygen atoms in total. The Morgan fingerprint density at radius 1 is 0.926 bits per heavy atom. The largest absolute Gasteiger partial charge is 0.507 e. The molecule has 0 saturated carbocycles. The maximum atomic E-state index is 12.6. The van der Waals surface area contributed by atoms with Gasteiger partial charge in [0.1, 0.15) is 5.75 Å². The van der Waals surface area contributed by atoms with Crippen molar-refractivity contribution in [1.29, 1.82) is 0 Å². The van der Waals surface area contributed by atoms with Crippen LogP contribution in [0.1, 0.15) is 34.6 Å². The van der Waals surface area contributed by atoms with Crippen LogP contribution in [0.5, 0.6) is 5.75 Å². The van der Waals surface area contributed by atoms with Gasteiger partial charge in [0.05, 0.1) is 0 Å². The zero-order chi connectivity index (χ0) is 19.1. The van der Waals surface area contributed by atoms with Crippen molar-refractivity contribution in [3.8, 4) is 5.75 Å². The van der Waals surface area contributed by atoms with Gasteiger partial charge in [-0.1, -0.05) is 78.9 Å². The third-order valence-electron chi connectivity index (χ3n) is 4.81. The lowest BCUT2D eigenvalue weighted by atomic mass is 9.87. The van der Waals surface area contributed by atoms with Crippen molar-refractivity contribution >= 4 is 5.91 Å². The van der Waals surface area contributed by atoms with Crippen LogP contribution in [0.2, 0.25) is 0 Å². The molecule has 3 heteroatoms. The van der Waals surface area contributed by atoms with Gasteiger partial charge in [-0.2, -0.15) is 0 Å². The predicted octanol–water partition coefficient (Wildman–Crippen LogP) is 4.58. The van der Waals surface area contributed by atoms with E-state index in [4.69, 9.17) is 0 Å². The molecule has 0 bridgehead atoms. The summed E-state index contributed by atoms with van der Waals surface area (Å²) in [6.07, 6.45) is 1.11. The van der Waals surface area contributed by atoms with Crippen LogP contribution < -0.4 is 5.32 Å². The van der Waals surface area contributed by atoms with Crippen molar-refractivity contribution in [2.24, 2.45) is 0 Å². The van der Waals surface area contributed by atoms with E-state index in [0.717, 1.165) is 23.1 Å². The van der Waals surface area contributed by atoms with Gasteiger partial charge < -0.3 is 10.4 Å². The van der Waals surface area contributed by atoms with Crippen molar-refractivity contribution in [1.82, 2.24) is 5.32 Å². The number of phenols is 1. The highest BCUT2D eigenvalue weighted by Crippen LogP contribution is 2.35. The number of carbonyl (C=O) groups excluding carboxylic acids is 1. The second-order valence-electron chi connectivity index (χ2n) is 6.77. The molecule has 1 atom stereocenters. The first-order valence-corrected chi connectivity index (χ1v) is 9.29. The highest BCUT2D eigenvalue weighted by atomic mass is 16.3. The molecule has 0 radical (unpaired) electrons. The van der Waals surface area contributed by atoms with Crippen molar-refractivity contribution in [2.45, 2.75) is 25.7 Å². The molecular formula is C24H25NO2. The fraction of sp³-hybridized carbons (Fsp3) is 0.208. The quantitative estimate of drug-likeness (QED) is 0.649. The number of hydrogen-bond acceptors (Lipinski definition) is 2. The number of rotatable bonds is 7. The van der Waals surface area contributed by atoms with Gasteiger partial charge in [0.2, 0.25) is 5.91 Å². The van der Waals surface area contributed by atoms with Gasteiger partial charge >= 0.3 is 0 Å². The fourth-order valence-corrected chi connectivity index (χ4v) is 3.30. The molecule has 0 aromatic heterocycles. The molecule has 0 aliphatic heterocycles. The monoisotopic (exact) mass is 359 g/mol. The van der Waals surface area contributed by atoms with Gasteiger partial charge in [0.25, 0.3) is 0 Å². The summed E-state index contributed by atoms with van der Waals surface area (Å²) in [6, 6.07) is 25.7. The van der Waals surface area contributed by atoms with Crippen molar-refractivity contribution in [2.75, 3.05) is 6.54 Å². The van der Waals surface area contributed by atoms with Gasteiger partial charge in [-0.3, -0.25) is 4.79 Å². The number of amides is 1. The zero-order valence-electron chi connectivity index (χ0n) is 15.6. The van der Waals surface area contributed by atoms with Gasteiger partial charge in [-0.15, -0.1) is 0 Å². The molecule has 3 rings (SSSR count). The molecule has 1 amide bonds. The third-order valence-corrected chi connectivity index (χ3v) is 4.81. The molecule has 3 aromatic carbocycles. The summed E-state index contributed by atoms with van der Waals surface area (Å²) in [5, 5.41) is 13.5. The van der Waals surface area contributed by atoms with Crippen LogP contribution >= 0.6 is 0 Å². The first-order chi connectivity index (χ1) is 13.1. The van der Waals surface area contributed by atoms with E-state index in [2.05, 4.69) is 17.4 Å². The average Bonchev–Trinajstić information content (AvgIpc) is 2.70. The van der Waals surface area contributed by atoms with E-state index in [1.165, 1.54) is 5.56 Å². The van der Waals surface area contributed by atoms with Crippen LogP contribution in [0, 0.1) is 6.92 Å². The predicted molar refractivity (Wildman–Crippen MR) is 109 cm³/mol. The Hall–Kier alpha value is -3.07. The van der Waals surface area contributed by atoms with Crippen molar-refractivity contribution < 1.29 is 9.90 Å². The zero-order valence-corrected chi connectivity index (χ0v) is 15.6. The Bertz CT molecular complexity index is 875. The maximum Gasteiger partial charge on any atom is 0.220 e. The topological polar surface area (TPSA) is 49.3 Å². The minimum atomic E-state index is -0.178. The van der Waals surface area contributed by atoms with E-state index in [1.807, 2.05) is 73.7 Å². The van der Waals surface area contributed by atoms with Crippen molar-refractivity contribution in [3.05, 3.63) is 101 Å². The van der Waals surface area contributed by atoms with Crippen LogP contribution in [0.3, 0.4) is 0 Å². The first kappa shape index (κ1) is 18.7. The van der Waals surface area contributed by atoms with Gasteiger partial charge in [0, 0.05) is 24.4 Å². The van der Waals surface area contributed by atoms with E-state index in [1.54, 1.807) is 0 Å². The molecule has 0 saturated heterocycles. The van der Waals surface area contributed by atoms with E-state index >= 15 is 0 Å². The Morgan fingerprint density at radius 2 is 1.59 bits per heavy atom. The number of para-hydroxylation sites is 1. The Kier molecular flexibility index (Phi) is 6.26. The van der Waals surface area contributed by atoms with Crippen LogP contribution in [0.4, 0.5) is 0 Å². The SMILES string of the molecule is Cc1cccc([C@@H](CC(=O)NCCc2ccccc2)c2ccccc2)c1O. The second-order valence-corrected chi connectivity index (χ2v) is 6.77. The van der Waals surface area contributed by atoms with Crippen LogP contribution in [0.25, 0.3) is 0 Å². The van der Waals surface area contributed by atoms with Gasteiger partial charge in [-0.05, 0) is 30.0 Å². The lowest BCUT2D eigenvalue weighted by molar-refractivity contribution is -0.121. The third kappa shape index (κ3) is 4.98. The minimum Gasteiger partial charge on any atom is -0.507 e. The maximum absolute atomic E-state index is 12.6. The minimum absolute atomic E-state index is 0.0132. The summed E-state index contributed by atoms with van der Waals surface area (Å²) in [7, 11) is 0. The van der Waals surface area contributed by atoms with Crippen LogP contribution in [-0.4, -0.2) is 17.6 Å². The summed E-state index contributed by atoms with van der Waals surface area (Å²) in [6.45, 7) is 2.48. The molecule has 0 fully saturated rings. The average molecular weight is 359 g/mol. The summed E-state index contributed by atoms with van der Waals surface area (Å²) < 4.78 is 0. The molecule has 3 aromatic rings. The number of carbonyl (C=O) groups is 1. The number of aryl methyl sites for hydroxylation is 1. The first-order valence-electron chi connectivity index (χ1n) is 9.29. The molecule has 138 valence electrons. The normalized spacial score (nSPS) is 11.7. The Morgan fingerprint density at radius 3 is 2.30 bits per heavy atom.